The van der Waals surface area contributed by atoms with Gasteiger partial charge in [0.1, 0.15) is 5.01 Å². The third-order valence-electron chi connectivity index (χ3n) is 3.85. The number of hydrogen-bond acceptors (Lipinski definition) is 5. The van der Waals surface area contributed by atoms with E-state index in [0.29, 0.717) is 0 Å². The first-order valence-electron chi connectivity index (χ1n) is 7.03. The van der Waals surface area contributed by atoms with Crippen molar-refractivity contribution in [2.75, 3.05) is 13.6 Å². The summed E-state index contributed by atoms with van der Waals surface area (Å²) >= 11 is 3.40. The topological polar surface area (TPSA) is 36.4 Å². The Bertz CT molecular complexity index is 544. The number of thiophene rings is 1. The summed E-state index contributed by atoms with van der Waals surface area (Å²) in [6, 6.07) is 2.11. The van der Waals surface area contributed by atoms with Gasteiger partial charge in [-0.3, -0.25) is 4.90 Å². The molecule has 0 aliphatic heterocycles. The first-order valence-corrected chi connectivity index (χ1v) is 8.85. The van der Waals surface area contributed by atoms with Crippen LogP contribution in [0.1, 0.15) is 31.4 Å². The van der Waals surface area contributed by atoms with Crippen LogP contribution >= 0.6 is 22.7 Å². The second-order valence-corrected chi connectivity index (χ2v) is 7.40. The summed E-state index contributed by atoms with van der Waals surface area (Å²) in [4.78, 5) is 6.88. The van der Waals surface area contributed by atoms with Gasteiger partial charge >= 0.3 is 0 Å². The molecule has 0 aromatic carbocycles. The van der Waals surface area contributed by atoms with Crippen LogP contribution in [0, 0.1) is 0 Å². The summed E-state index contributed by atoms with van der Waals surface area (Å²) in [6.45, 7) is 1.56. The molecular weight excluding hydrogens is 288 g/mol. The maximum Gasteiger partial charge on any atom is 0.124 e. The number of aliphatic hydroxyl groups is 1. The molecule has 2 aromatic rings. The van der Waals surface area contributed by atoms with Crippen molar-refractivity contribution in [3.63, 3.8) is 0 Å². The van der Waals surface area contributed by atoms with Crippen molar-refractivity contribution in [3.8, 4) is 10.6 Å². The standard InChI is InChI=1S/C15H20N2OS2/c1-17(11-15(18)5-2-3-6-15)8-13-10-20-14(16-13)12-4-7-19-9-12/h4,7,9-10,18H,2-3,5-6,8,11H2,1H3. The van der Waals surface area contributed by atoms with E-state index in [1.165, 1.54) is 5.56 Å². The number of nitrogens with zero attached hydrogens (tertiary/aromatic N) is 2. The number of rotatable bonds is 5. The first-order chi connectivity index (χ1) is 9.65. The second-order valence-electron chi connectivity index (χ2n) is 5.76. The average molecular weight is 308 g/mol. The van der Waals surface area contributed by atoms with Crippen LogP contribution in [0.5, 0.6) is 0 Å². The Morgan fingerprint density at radius 3 is 2.85 bits per heavy atom. The fourth-order valence-corrected chi connectivity index (χ4v) is 4.45. The van der Waals surface area contributed by atoms with Crippen molar-refractivity contribution in [1.29, 1.82) is 0 Å². The van der Waals surface area contributed by atoms with E-state index in [4.69, 9.17) is 4.98 Å². The van der Waals surface area contributed by atoms with Gasteiger partial charge in [-0.25, -0.2) is 4.98 Å². The van der Waals surface area contributed by atoms with Crippen LogP contribution in [-0.2, 0) is 6.54 Å². The van der Waals surface area contributed by atoms with E-state index in [0.717, 1.165) is 49.5 Å². The normalized spacial score (nSPS) is 17.9. The van der Waals surface area contributed by atoms with Crippen LogP contribution < -0.4 is 0 Å². The molecule has 0 unspecified atom stereocenters. The molecule has 5 heteroatoms. The first kappa shape index (κ1) is 14.2. The number of aromatic nitrogens is 1. The third-order valence-corrected chi connectivity index (χ3v) is 5.47. The van der Waals surface area contributed by atoms with Gasteiger partial charge in [-0.2, -0.15) is 11.3 Å². The molecule has 2 heterocycles. The monoisotopic (exact) mass is 308 g/mol. The van der Waals surface area contributed by atoms with Gasteiger partial charge in [0.25, 0.3) is 0 Å². The Kier molecular flexibility index (Phi) is 4.21. The molecule has 20 heavy (non-hydrogen) atoms. The van der Waals surface area contributed by atoms with Gasteiger partial charge in [-0.15, -0.1) is 11.3 Å². The maximum absolute atomic E-state index is 10.4. The van der Waals surface area contributed by atoms with E-state index in [1.54, 1.807) is 22.7 Å². The SMILES string of the molecule is CN(Cc1csc(-c2ccsc2)n1)CC1(O)CCCC1. The molecule has 2 aromatic heterocycles. The highest BCUT2D eigenvalue weighted by atomic mass is 32.1. The maximum atomic E-state index is 10.4. The van der Waals surface area contributed by atoms with Crippen molar-refractivity contribution < 1.29 is 5.11 Å². The lowest BCUT2D eigenvalue weighted by Crippen LogP contribution is -2.38. The molecule has 3 nitrogen and oxygen atoms in total. The van der Waals surface area contributed by atoms with E-state index in [1.807, 2.05) is 0 Å². The number of likely N-dealkylation sites (N-methyl/N-ethyl adjacent to an activating group) is 1. The second kappa shape index (κ2) is 5.93. The van der Waals surface area contributed by atoms with Crippen LogP contribution in [0.15, 0.2) is 22.2 Å². The van der Waals surface area contributed by atoms with Crippen LogP contribution in [0.25, 0.3) is 10.6 Å². The van der Waals surface area contributed by atoms with E-state index in [9.17, 15) is 5.11 Å². The molecule has 0 bridgehead atoms. The lowest BCUT2D eigenvalue weighted by atomic mass is 10.0. The van der Waals surface area contributed by atoms with E-state index >= 15 is 0 Å². The van der Waals surface area contributed by atoms with Gasteiger partial charge in [0.05, 0.1) is 11.3 Å². The predicted octanol–water partition coefficient (Wildman–Crippen LogP) is 3.61. The van der Waals surface area contributed by atoms with Crippen LogP contribution in [0.4, 0.5) is 0 Å². The smallest absolute Gasteiger partial charge is 0.124 e. The van der Waals surface area contributed by atoms with Crippen LogP contribution in [-0.4, -0.2) is 34.2 Å². The quantitative estimate of drug-likeness (QED) is 0.916. The molecule has 0 radical (unpaired) electrons. The largest absolute Gasteiger partial charge is 0.389 e. The molecule has 0 amide bonds. The summed E-state index contributed by atoms with van der Waals surface area (Å²) in [7, 11) is 2.07. The van der Waals surface area contributed by atoms with Crippen LogP contribution in [0.2, 0.25) is 0 Å². The zero-order valence-corrected chi connectivity index (χ0v) is 13.3. The van der Waals surface area contributed by atoms with Gasteiger partial charge in [-0.05, 0) is 31.3 Å². The minimum Gasteiger partial charge on any atom is -0.389 e. The summed E-state index contributed by atoms with van der Waals surface area (Å²) in [5.74, 6) is 0. The van der Waals surface area contributed by atoms with Gasteiger partial charge in [0, 0.05) is 29.4 Å². The summed E-state index contributed by atoms with van der Waals surface area (Å²) < 4.78 is 0. The highest BCUT2D eigenvalue weighted by Gasteiger charge is 2.32. The Balaban J connectivity index is 1.60. The summed E-state index contributed by atoms with van der Waals surface area (Å²) in [6.07, 6.45) is 4.19. The van der Waals surface area contributed by atoms with E-state index in [2.05, 4.69) is 34.2 Å². The Labute approximate surface area is 127 Å². The fourth-order valence-electron chi connectivity index (χ4n) is 2.92. The van der Waals surface area contributed by atoms with Crippen LogP contribution in [0.3, 0.4) is 0 Å². The van der Waals surface area contributed by atoms with Crippen molar-refractivity contribution in [2.45, 2.75) is 37.8 Å². The molecule has 0 spiro atoms. The molecule has 1 saturated carbocycles. The van der Waals surface area contributed by atoms with E-state index in [-0.39, 0.29) is 0 Å². The minimum atomic E-state index is -0.471. The van der Waals surface area contributed by atoms with Crippen molar-refractivity contribution in [1.82, 2.24) is 9.88 Å². The Morgan fingerprint density at radius 1 is 1.35 bits per heavy atom. The number of thiazole rings is 1. The van der Waals surface area contributed by atoms with Crippen molar-refractivity contribution >= 4 is 22.7 Å². The molecule has 1 aliphatic rings. The van der Waals surface area contributed by atoms with Gasteiger partial charge in [0.15, 0.2) is 0 Å². The van der Waals surface area contributed by atoms with Gasteiger partial charge < -0.3 is 5.11 Å². The zero-order chi connectivity index (χ0) is 14.0. The summed E-state index contributed by atoms with van der Waals surface area (Å²) in [5, 5.41) is 17.9. The highest BCUT2D eigenvalue weighted by Crippen LogP contribution is 2.30. The highest BCUT2D eigenvalue weighted by molar-refractivity contribution is 7.14. The minimum absolute atomic E-state index is 0.471. The molecular formula is C15H20N2OS2. The Hall–Kier alpha value is -0.750. The lowest BCUT2D eigenvalue weighted by molar-refractivity contribution is 0.0143. The molecule has 108 valence electrons. The van der Waals surface area contributed by atoms with Crippen molar-refractivity contribution in [2.24, 2.45) is 0 Å². The Morgan fingerprint density at radius 2 is 2.15 bits per heavy atom. The molecule has 1 fully saturated rings. The molecule has 1 aliphatic carbocycles. The zero-order valence-electron chi connectivity index (χ0n) is 11.7. The van der Waals surface area contributed by atoms with Gasteiger partial charge in [-0.1, -0.05) is 12.8 Å². The predicted molar refractivity (Wildman–Crippen MR) is 85.2 cm³/mol. The van der Waals surface area contributed by atoms with Gasteiger partial charge in [0.2, 0.25) is 0 Å². The fraction of sp³-hybridized carbons (Fsp3) is 0.533. The third kappa shape index (κ3) is 3.28. The van der Waals surface area contributed by atoms with Crippen molar-refractivity contribution in [3.05, 3.63) is 27.9 Å². The summed E-state index contributed by atoms with van der Waals surface area (Å²) in [5.41, 5.74) is 1.84. The number of hydrogen-bond donors (Lipinski definition) is 1. The molecule has 0 saturated heterocycles. The molecule has 3 rings (SSSR count). The molecule has 0 atom stereocenters. The van der Waals surface area contributed by atoms with E-state index < -0.39 is 5.60 Å². The molecule has 1 N–H and O–H groups in total. The average Bonchev–Trinajstić information content (AvgIpc) is 3.08. The lowest BCUT2D eigenvalue weighted by Gasteiger charge is -2.28.